The van der Waals surface area contributed by atoms with Crippen LogP contribution in [0.15, 0.2) is 36.4 Å². The third-order valence-electron chi connectivity index (χ3n) is 6.11. The van der Waals surface area contributed by atoms with Crippen LogP contribution in [0.1, 0.15) is 33.9 Å². The van der Waals surface area contributed by atoms with Gasteiger partial charge in [0.2, 0.25) is 5.91 Å². The van der Waals surface area contributed by atoms with Crippen molar-refractivity contribution in [3.05, 3.63) is 58.1 Å². The van der Waals surface area contributed by atoms with Crippen molar-refractivity contribution < 1.29 is 19.1 Å². The molecule has 2 aromatic rings. The molecule has 1 unspecified atom stereocenters. The van der Waals surface area contributed by atoms with Crippen molar-refractivity contribution in [2.75, 3.05) is 46.9 Å². The minimum absolute atomic E-state index is 0. The topological polar surface area (TPSA) is 71.1 Å². The standard InChI is InChI=1S/C24H28ClN3O4.ClH/c1-31-22-11-18-19(12-23(22)32-2)21(29)13-20(18)26-24(30)15-28-9-7-27(8-10-28)14-16-3-5-17(25)6-4-16;/h3-6,11-12,20H,7-10,13-15H2,1-2H3,(H,26,30);1H. The number of nitrogens with one attached hydrogen (secondary N) is 1. The van der Waals surface area contributed by atoms with Gasteiger partial charge in [0, 0.05) is 49.7 Å². The Kier molecular flexibility index (Phi) is 8.59. The van der Waals surface area contributed by atoms with Crippen LogP contribution in [-0.2, 0) is 11.3 Å². The molecule has 1 aliphatic carbocycles. The number of halogens is 2. The lowest BCUT2D eigenvalue weighted by Gasteiger charge is -2.34. The van der Waals surface area contributed by atoms with Gasteiger partial charge in [0.1, 0.15) is 0 Å². The molecule has 33 heavy (non-hydrogen) atoms. The van der Waals surface area contributed by atoms with Gasteiger partial charge in [-0.05, 0) is 35.4 Å². The van der Waals surface area contributed by atoms with Crippen LogP contribution in [0, 0.1) is 0 Å². The lowest BCUT2D eigenvalue weighted by Crippen LogP contribution is -2.49. The first kappa shape index (κ1) is 25.3. The molecule has 1 N–H and O–H groups in total. The van der Waals surface area contributed by atoms with Crippen molar-refractivity contribution in [2.45, 2.75) is 19.0 Å². The first-order valence-electron chi connectivity index (χ1n) is 10.7. The van der Waals surface area contributed by atoms with Gasteiger partial charge in [0.25, 0.3) is 0 Å². The smallest absolute Gasteiger partial charge is 0.234 e. The van der Waals surface area contributed by atoms with E-state index in [0.717, 1.165) is 43.3 Å². The van der Waals surface area contributed by atoms with Crippen molar-refractivity contribution in [3.8, 4) is 11.5 Å². The predicted molar refractivity (Wildman–Crippen MR) is 130 cm³/mol. The van der Waals surface area contributed by atoms with Gasteiger partial charge < -0.3 is 14.8 Å². The maximum absolute atomic E-state index is 12.7. The molecule has 7 nitrogen and oxygen atoms in total. The van der Waals surface area contributed by atoms with Crippen molar-refractivity contribution >= 4 is 35.7 Å². The number of hydrogen-bond acceptors (Lipinski definition) is 6. The molecule has 4 rings (SSSR count). The zero-order valence-electron chi connectivity index (χ0n) is 18.8. The maximum Gasteiger partial charge on any atom is 0.234 e. The van der Waals surface area contributed by atoms with Crippen LogP contribution in [0.5, 0.6) is 11.5 Å². The van der Waals surface area contributed by atoms with E-state index in [1.807, 2.05) is 24.3 Å². The average Bonchev–Trinajstić information content (AvgIpc) is 3.09. The summed E-state index contributed by atoms with van der Waals surface area (Å²) in [6.45, 7) is 4.65. The summed E-state index contributed by atoms with van der Waals surface area (Å²) in [5.41, 5.74) is 2.61. The Morgan fingerprint density at radius 3 is 2.27 bits per heavy atom. The number of amides is 1. The number of nitrogens with zero attached hydrogens (tertiary/aromatic N) is 2. The SMILES string of the molecule is COc1cc2c(cc1OC)C(NC(=O)CN1CCN(Cc3ccc(Cl)cc3)CC1)CC2=O.Cl. The fraction of sp³-hybridized carbons (Fsp3) is 0.417. The van der Waals surface area contributed by atoms with Crippen LogP contribution in [0.2, 0.25) is 5.02 Å². The van der Waals surface area contributed by atoms with E-state index in [4.69, 9.17) is 21.1 Å². The van der Waals surface area contributed by atoms with E-state index in [1.165, 1.54) is 12.7 Å². The molecule has 0 saturated carbocycles. The Bertz CT molecular complexity index is 992. The summed E-state index contributed by atoms with van der Waals surface area (Å²) < 4.78 is 10.7. The highest BCUT2D eigenvalue weighted by Crippen LogP contribution is 2.39. The van der Waals surface area contributed by atoms with E-state index in [1.54, 1.807) is 19.2 Å². The normalized spacial score (nSPS) is 18.4. The van der Waals surface area contributed by atoms with Gasteiger partial charge in [-0.1, -0.05) is 23.7 Å². The highest BCUT2D eigenvalue weighted by molar-refractivity contribution is 6.30. The summed E-state index contributed by atoms with van der Waals surface area (Å²) in [5.74, 6) is 0.999. The number of methoxy groups -OCH3 is 2. The summed E-state index contributed by atoms with van der Waals surface area (Å²) in [7, 11) is 3.10. The maximum atomic E-state index is 12.7. The quantitative estimate of drug-likeness (QED) is 0.637. The Hall–Kier alpha value is -2.32. The third-order valence-corrected chi connectivity index (χ3v) is 6.36. The van der Waals surface area contributed by atoms with E-state index in [0.29, 0.717) is 23.6 Å². The molecular weight excluding hydrogens is 465 g/mol. The number of benzene rings is 2. The molecule has 0 spiro atoms. The fourth-order valence-corrected chi connectivity index (χ4v) is 4.48. The number of carbonyl (C=O) groups is 2. The van der Waals surface area contributed by atoms with Gasteiger partial charge in [-0.15, -0.1) is 12.4 Å². The van der Waals surface area contributed by atoms with Crippen LogP contribution in [-0.4, -0.2) is 68.4 Å². The number of ether oxygens (including phenoxy) is 2. The summed E-state index contributed by atoms with van der Waals surface area (Å²) in [6, 6.07) is 11.1. The molecule has 1 amide bonds. The second kappa shape index (κ2) is 11.2. The third kappa shape index (κ3) is 5.98. The van der Waals surface area contributed by atoms with Crippen LogP contribution >= 0.6 is 24.0 Å². The number of hydrogen-bond donors (Lipinski definition) is 1. The molecule has 2 aliphatic rings. The molecule has 1 aliphatic heterocycles. The highest BCUT2D eigenvalue weighted by Gasteiger charge is 2.32. The fourth-order valence-electron chi connectivity index (χ4n) is 4.36. The summed E-state index contributed by atoms with van der Waals surface area (Å²) in [4.78, 5) is 29.7. The van der Waals surface area contributed by atoms with E-state index >= 15 is 0 Å². The zero-order chi connectivity index (χ0) is 22.7. The first-order valence-corrected chi connectivity index (χ1v) is 11.1. The minimum Gasteiger partial charge on any atom is -0.493 e. The largest absolute Gasteiger partial charge is 0.493 e. The predicted octanol–water partition coefficient (Wildman–Crippen LogP) is 3.34. The van der Waals surface area contributed by atoms with Crippen LogP contribution in [0.25, 0.3) is 0 Å². The van der Waals surface area contributed by atoms with E-state index in [2.05, 4.69) is 15.1 Å². The van der Waals surface area contributed by atoms with Crippen molar-refractivity contribution in [1.82, 2.24) is 15.1 Å². The van der Waals surface area contributed by atoms with Crippen LogP contribution in [0.4, 0.5) is 0 Å². The van der Waals surface area contributed by atoms with Crippen molar-refractivity contribution in [2.24, 2.45) is 0 Å². The summed E-state index contributed by atoms with van der Waals surface area (Å²) in [6.07, 6.45) is 0.256. The second-order valence-corrected chi connectivity index (χ2v) is 8.66. The van der Waals surface area contributed by atoms with Crippen molar-refractivity contribution in [1.29, 1.82) is 0 Å². The molecule has 1 fully saturated rings. The minimum atomic E-state index is -0.337. The Morgan fingerprint density at radius 1 is 1.03 bits per heavy atom. The number of piperazine rings is 1. The monoisotopic (exact) mass is 493 g/mol. The van der Waals surface area contributed by atoms with Crippen LogP contribution < -0.4 is 14.8 Å². The van der Waals surface area contributed by atoms with Gasteiger partial charge >= 0.3 is 0 Å². The van der Waals surface area contributed by atoms with E-state index in [-0.39, 0.29) is 36.6 Å². The lowest BCUT2D eigenvalue weighted by molar-refractivity contribution is -0.123. The molecule has 2 aromatic carbocycles. The Morgan fingerprint density at radius 2 is 1.64 bits per heavy atom. The second-order valence-electron chi connectivity index (χ2n) is 8.22. The summed E-state index contributed by atoms with van der Waals surface area (Å²) >= 11 is 5.96. The number of Topliss-reactive ketones (excluding diaryl/α,β-unsaturated/α-hetero) is 1. The Labute approximate surface area is 205 Å². The van der Waals surface area contributed by atoms with Gasteiger partial charge in [0.15, 0.2) is 17.3 Å². The molecule has 178 valence electrons. The van der Waals surface area contributed by atoms with Crippen molar-refractivity contribution in [3.63, 3.8) is 0 Å². The number of carbonyl (C=O) groups excluding carboxylic acids is 2. The molecule has 0 aromatic heterocycles. The van der Waals surface area contributed by atoms with Gasteiger partial charge in [-0.3, -0.25) is 19.4 Å². The van der Waals surface area contributed by atoms with Gasteiger partial charge in [0.05, 0.1) is 26.8 Å². The summed E-state index contributed by atoms with van der Waals surface area (Å²) in [5, 5.41) is 3.78. The molecule has 0 bridgehead atoms. The molecule has 0 radical (unpaired) electrons. The number of fused-ring (bicyclic) bond motifs is 1. The highest BCUT2D eigenvalue weighted by atomic mass is 35.5. The van der Waals surface area contributed by atoms with E-state index in [9.17, 15) is 9.59 Å². The van der Waals surface area contributed by atoms with Gasteiger partial charge in [-0.25, -0.2) is 0 Å². The van der Waals surface area contributed by atoms with E-state index < -0.39 is 0 Å². The Balaban J connectivity index is 0.00000306. The average molecular weight is 494 g/mol. The molecule has 9 heteroatoms. The molecule has 1 atom stereocenters. The first-order chi connectivity index (χ1) is 15.5. The van der Waals surface area contributed by atoms with Crippen LogP contribution in [0.3, 0.4) is 0 Å². The lowest BCUT2D eigenvalue weighted by atomic mass is 10.1. The molecular formula is C24H29Cl2N3O4. The molecule has 1 heterocycles. The molecule has 1 saturated heterocycles. The number of ketones is 1. The zero-order valence-corrected chi connectivity index (χ0v) is 20.4. The van der Waals surface area contributed by atoms with Gasteiger partial charge in [-0.2, -0.15) is 0 Å². The number of rotatable bonds is 7.